The van der Waals surface area contributed by atoms with Crippen molar-refractivity contribution in [2.24, 2.45) is 5.73 Å². The number of nitrogens with zero attached hydrogens (tertiary/aromatic N) is 3. The average molecular weight is 445 g/mol. The van der Waals surface area contributed by atoms with E-state index in [0.717, 1.165) is 0 Å². The number of hydrogen-bond donors (Lipinski definition) is 1. The predicted octanol–water partition coefficient (Wildman–Crippen LogP) is 4.07. The molecule has 0 fully saturated rings. The number of aromatic nitrogens is 2. The zero-order valence-corrected chi connectivity index (χ0v) is 17.6. The van der Waals surface area contributed by atoms with Gasteiger partial charge in [0.25, 0.3) is 11.8 Å². The van der Waals surface area contributed by atoms with Crippen LogP contribution in [0.4, 0.5) is 4.39 Å². The Morgan fingerprint density at radius 3 is 2.87 bits per heavy atom. The van der Waals surface area contributed by atoms with Crippen LogP contribution < -0.4 is 5.73 Å². The van der Waals surface area contributed by atoms with Crippen LogP contribution in [0.2, 0.25) is 5.02 Å². The molecule has 2 amide bonds. The van der Waals surface area contributed by atoms with Crippen molar-refractivity contribution in [1.82, 2.24) is 14.9 Å². The number of nitrogens with two attached hydrogens (primary N) is 1. The predicted molar refractivity (Wildman–Crippen MR) is 112 cm³/mol. The number of carbonyl (C=O) groups is 2. The summed E-state index contributed by atoms with van der Waals surface area (Å²) < 4.78 is 14.5. The second-order valence-corrected chi connectivity index (χ2v) is 8.38. The van der Waals surface area contributed by atoms with Crippen molar-refractivity contribution in [3.63, 3.8) is 0 Å². The fraction of sp³-hybridized carbons (Fsp3) is 0.238. The van der Waals surface area contributed by atoms with Crippen molar-refractivity contribution in [3.05, 3.63) is 79.8 Å². The number of fused-ring (bicyclic) bond motifs is 1. The Bertz CT molecular complexity index is 1150. The molecule has 0 aliphatic heterocycles. The molecule has 0 saturated carbocycles. The number of primary amides is 1. The molecule has 2 aromatic heterocycles. The van der Waals surface area contributed by atoms with Gasteiger partial charge in [-0.3, -0.25) is 14.6 Å². The van der Waals surface area contributed by atoms with Gasteiger partial charge in [-0.25, -0.2) is 9.37 Å². The number of rotatable bonds is 5. The van der Waals surface area contributed by atoms with Crippen LogP contribution in [0.5, 0.6) is 0 Å². The Morgan fingerprint density at radius 1 is 1.37 bits per heavy atom. The Morgan fingerprint density at radius 2 is 2.17 bits per heavy atom. The fourth-order valence-electron chi connectivity index (χ4n) is 3.88. The molecule has 1 aliphatic rings. The summed E-state index contributed by atoms with van der Waals surface area (Å²) in [6, 6.07) is 5.98. The lowest BCUT2D eigenvalue weighted by atomic mass is 10.0. The summed E-state index contributed by atoms with van der Waals surface area (Å²) >= 11 is 7.35. The van der Waals surface area contributed by atoms with Crippen LogP contribution in [0.3, 0.4) is 0 Å². The first-order valence-electron chi connectivity index (χ1n) is 9.29. The highest BCUT2D eigenvalue weighted by Gasteiger charge is 2.35. The van der Waals surface area contributed by atoms with Gasteiger partial charge in [-0.1, -0.05) is 17.7 Å². The maximum Gasteiger partial charge on any atom is 0.267 e. The zero-order chi connectivity index (χ0) is 21.4. The van der Waals surface area contributed by atoms with Crippen LogP contribution in [0.1, 0.15) is 55.0 Å². The van der Waals surface area contributed by atoms with Crippen LogP contribution in [-0.2, 0) is 13.0 Å². The third-order valence-electron chi connectivity index (χ3n) is 5.26. The molecule has 0 radical (unpaired) electrons. The summed E-state index contributed by atoms with van der Waals surface area (Å²) in [6.45, 7) is 1.86. The van der Waals surface area contributed by atoms with Gasteiger partial charge in [0.1, 0.15) is 16.4 Å². The third-order valence-corrected chi connectivity index (χ3v) is 6.40. The van der Waals surface area contributed by atoms with Gasteiger partial charge < -0.3 is 10.6 Å². The number of thiazole rings is 1. The standard InChI is InChI=1S/C21H18ClFN4O2S/c1-11-19(30-10-26-11)21(29)27(9-12-3-2-6-25-18(12)20(24)28)17-5-4-14-15(17)7-13(22)8-16(14)23/h2-3,6-8,10,17H,4-5,9H2,1H3,(H2,24,28)/t17-/m1/s1. The van der Waals surface area contributed by atoms with E-state index in [1.165, 1.54) is 23.6 Å². The molecular formula is C21H18ClFN4O2S. The summed E-state index contributed by atoms with van der Waals surface area (Å²) in [5, 5.41) is 0.277. The van der Waals surface area contributed by atoms with E-state index in [4.69, 9.17) is 17.3 Å². The molecule has 0 bridgehead atoms. The van der Waals surface area contributed by atoms with Gasteiger partial charge in [0.2, 0.25) is 0 Å². The summed E-state index contributed by atoms with van der Waals surface area (Å²) in [4.78, 5) is 35.7. The number of benzene rings is 1. The molecule has 6 nitrogen and oxygen atoms in total. The number of aryl methyl sites for hydroxylation is 1. The largest absolute Gasteiger partial charge is 0.364 e. The highest BCUT2D eigenvalue weighted by molar-refractivity contribution is 7.11. The topological polar surface area (TPSA) is 89.2 Å². The minimum absolute atomic E-state index is 0.0977. The van der Waals surface area contributed by atoms with Crippen LogP contribution in [0, 0.1) is 12.7 Å². The van der Waals surface area contributed by atoms with Gasteiger partial charge >= 0.3 is 0 Å². The molecule has 1 atom stereocenters. The number of halogens is 2. The summed E-state index contributed by atoms with van der Waals surface area (Å²) in [6.07, 6.45) is 2.51. The number of hydrogen-bond acceptors (Lipinski definition) is 5. The Labute approximate surface area is 181 Å². The second kappa shape index (κ2) is 8.12. The highest BCUT2D eigenvalue weighted by Crippen LogP contribution is 2.40. The molecule has 2 heterocycles. The van der Waals surface area contributed by atoms with Crippen molar-refractivity contribution in [1.29, 1.82) is 0 Å². The first kappa shape index (κ1) is 20.4. The van der Waals surface area contributed by atoms with Gasteiger partial charge in [-0.15, -0.1) is 11.3 Å². The molecule has 0 spiro atoms. The molecule has 1 aromatic carbocycles. The fourth-order valence-corrected chi connectivity index (χ4v) is 4.85. The van der Waals surface area contributed by atoms with Gasteiger partial charge in [0, 0.05) is 23.3 Å². The number of amides is 2. The van der Waals surface area contributed by atoms with E-state index in [-0.39, 0.29) is 29.0 Å². The van der Waals surface area contributed by atoms with E-state index in [9.17, 15) is 14.0 Å². The van der Waals surface area contributed by atoms with Crippen molar-refractivity contribution < 1.29 is 14.0 Å². The zero-order valence-electron chi connectivity index (χ0n) is 16.1. The molecule has 154 valence electrons. The second-order valence-electron chi connectivity index (χ2n) is 7.09. The molecule has 4 rings (SSSR count). The smallest absolute Gasteiger partial charge is 0.267 e. The van der Waals surface area contributed by atoms with Gasteiger partial charge in [-0.05, 0) is 49.1 Å². The summed E-state index contributed by atoms with van der Waals surface area (Å²) in [7, 11) is 0. The van der Waals surface area contributed by atoms with E-state index in [1.54, 1.807) is 35.5 Å². The maximum atomic E-state index is 14.5. The van der Waals surface area contributed by atoms with Crippen molar-refractivity contribution in [2.45, 2.75) is 32.4 Å². The SMILES string of the molecule is Cc1ncsc1C(=O)N(Cc1cccnc1C(N)=O)[C@@H]1CCc2c(F)cc(Cl)cc21. The van der Waals surface area contributed by atoms with Crippen LogP contribution in [-0.4, -0.2) is 26.7 Å². The van der Waals surface area contributed by atoms with Crippen LogP contribution in [0.15, 0.2) is 36.0 Å². The Kier molecular flexibility index (Phi) is 5.53. The normalized spacial score (nSPS) is 15.1. The first-order chi connectivity index (χ1) is 14.4. The molecule has 0 unspecified atom stereocenters. The lowest BCUT2D eigenvalue weighted by Gasteiger charge is -2.30. The van der Waals surface area contributed by atoms with Crippen molar-refractivity contribution in [3.8, 4) is 0 Å². The van der Waals surface area contributed by atoms with E-state index in [1.807, 2.05) is 0 Å². The molecule has 1 aliphatic carbocycles. The Balaban J connectivity index is 1.80. The van der Waals surface area contributed by atoms with Crippen molar-refractivity contribution in [2.75, 3.05) is 0 Å². The number of carbonyl (C=O) groups excluding carboxylic acids is 2. The molecule has 9 heteroatoms. The van der Waals surface area contributed by atoms with E-state index in [0.29, 0.717) is 40.1 Å². The van der Waals surface area contributed by atoms with Crippen LogP contribution >= 0.6 is 22.9 Å². The summed E-state index contributed by atoms with van der Waals surface area (Å²) in [5.74, 6) is -1.29. The molecule has 0 saturated heterocycles. The molecular weight excluding hydrogens is 427 g/mol. The van der Waals surface area contributed by atoms with Crippen LogP contribution in [0.25, 0.3) is 0 Å². The van der Waals surface area contributed by atoms with Gasteiger partial charge in [0.15, 0.2) is 0 Å². The maximum absolute atomic E-state index is 14.5. The monoisotopic (exact) mass is 444 g/mol. The Hall–Kier alpha value is -2.84. The van der Waals surface area contributed by atoms with Gasteiger partial charge in [0.05, 0.1) is 17.2 Å². The quantitative estimate of drug-likeness (QED) is 0.642. The minimum Gasteiger partial charge on any atom is -0.364 e. The molecule has 3 aromatic rings. The van der Waals surface area contributed by atoms with Gasteiger partial charge in [-0.2, -0.15) is 0 Å². The van der Waals surface area contributed by atoms with E-state index < -0.39 is 11.9 Å². The average Bonchev–Trinajstić information content (AvgIpc) is 3.32. The molecule has 2 N–H and O–H groups in total. The lowest BCUT2D eigenvalue weighted by molar-refractivity contribution is 0.0660. The van der Waals surface area contributed by atoms with Crippen molar-refractivity contribution >= 4 is 34.8 Å². The summed E-state index contributed by atoms with van der Waals surface area (Å²) in [5.41, 5.74) is 9.57. The third kappa shape index (κ3) is 3.68. The first-order valence-corrected chi connectivity index (χ1v) is 10.5. The van der Waals surface area contributed by atoms with E-state index >= 15 is 0 Å². The van der Waals surface area contributed by atoms with E-state index in [2.05, 4.69) is 9.97 Å². The molecule has 30 heavy (non-hydrogen) atoms. The lowest BCUT2D eigenvalue weighted by Crippen LogP contribution is -2.34. The number of pyridine rings is 1. The highest BCUT2D eigenvalue weighted by atomic mass is 35.5. The minimum atomic E-state index is -0.673.